The Balaban J connectivity index is 1.50. The summed E-state index contributed by atoms with van der Waals surface area (Å²) in [6.45, 7) is 6.81. The lowest BCUT2D eigenvalue weighted by Gasteiger charge is -2.24. The van der Waals surface area contributed by atoms with E-state index in [0.717, 1.165) is 24.0 Å². The molecule has 0 aromatic heterocycles. The van der Waals surface area contributed by atoms with Gasteiger partial charge in [-0.3, -0.25) is 19.9 Å². The molecule has 6 heteroatoms. The predicted molar refractivity (Wildman–Crippen MR) is 127 cm³/mol. The van der Waals surface area contributed by atoms with Crippen molar-refractivity contribution >= 4 is 17.8 Å². The van der Waals surface area contributed by atoms with Gasteiger partial charge in [-0.05, 0) is 48.8 Å². The number of hydrogen-bond acceptors (Lipinski definition) is 3. The fraction of sp³-hybridized carbons (Fsp3) is 0.423. The third kappa shape index (κ3) is 6.19. The molecule has 2 aromatic rings. The maximum absolute atomic E-state index is 12.9. The van der Waals surface area contributed by atoms with Crippen LogP contribution in [0.5, 0.6) is 0 Å². The maximum Gasteiger partial charge on any atom is 0.255 e. The number of guanidine groups is 1. The molecule has 1 aliphatic rings. The second-order valence-electron chi connectivity index (χ2n) is 9.23. The van der Waals surface area contributed by atoms with E-state index in [2.05, 4.69) is 36.6 Å². The molecule has 0 aliphatic carbocycles. The second-order valence-corrected chi connectivity index (χ2v) is 9.23. The Hall–Kier alpha value is -3.15. The lowest BCUT2D eigenvalue weighted by atomic mass is 9.91. The van der Waals surface area contributed by atoms with Gasteiger partial charge >= 0.3 is 0 Å². The van der Waals surface area contributed by atoms with Gasteiger partial charge < -0.3 is 10.6 Å². The molecular weight excluding hydrogens is 400 g/mol. The summed E-state index contributed by atoms with van der Waals surface area (Å²) in [5.41, 5.74) is 2.44. The zero-order chi connectivity index (χ0) is 23.1. The molecule has 170 valence electrons. The normalized spacial score (nSPS) is 18.2. The molecule has 0 saturated carbocycles. The minimum atomic E-state index is -0.726. The highest BCUT2D eigenvalue weighted by atomic mass is 16.2. The number of aryl methyl sites for hydroxylation is 1. The van der Waals surface area contributed by atoms with Gasteiger partial charge in [0.2, 0.25) is 5.91 Å². The molecule has 1 aliphatic heterocycles. The predicted octanol–water partition coefficient (Wildman–Crippen LogP) is 4.00. The van der Waals surface area contributed by atoms with Crippen LogP contribution in [0.4, 0.5) is 0 Å². The Morgan fingerprint density at radius 2 is 1.78 bits per heavy atom. The monoisotopic (exact) mass is 434 g/mol. The maximum atomic E-state index is 12.9. The molecule has 0 spiro atoms. The Morgan fingerprint density at radius 1 is 1.09 bits per heavy atom. The molecule has 6 nitrogen and oxygen atoms in total. The first-order valence-corrected chi connectivity index (χ1v) is 11.3. The van der Waals surface area contributed by atoms with Crippen molar-refractivity contribution in [3.63, 3.8) is 0 Å². The van der Waals surface area contributed by atoms with E-state index in [4.69, 9.17) is 5.41 Å². The average Bonchev–Trinajstić information content (AvgIpc) is 2.95. The standard InChI is InChI=1S/C26H34N4O2/c1-19(2)16-26(3)24(32)30(25(27)29-26)18-22-13-7-12-21(15-22)17-28-23(31)14-8-11-20-9-5-4-6-10-20/h4-7,9-10,12-13,15,19H,8,11,14,16-18H2,1-3H3,(H2,27,29)(H,28,31). The van der Waals surface area contributed by atoms with Crippen LogP contribution in [0.3, 0.4) is 0 Å². The van der Waals surface area contributed by atoms with Gasteiger partial charge in [0.25, 0.3) is 5.91 Å². The third-order valence-corrected chi connectivity index (χ3v) is 5.73. The van der Waals surface area contributed by atoms with E-state index in [1.165, 1.54) is 10.5 Å². The van der Waals surface area contributed by atoms with E-state index >= 15 is 0 Å². The number of benzene rings is 2. The molecule has 1 heterocycles. The molecule has 3 N–H and O–H groups in total. The van der Waals surface area contributed by atoms with Gasteiger partial charge in [0.1, 0.15) is 5.54 Å². The van der Waals surface area contributed by atoms with Crippen molar-refractivity contribution in [1.29, 1.82) is 5.41 Å². The molecule has 3 rings (SSSR count). The molecule has 0 bridgehead atoms. The van der Waals surface area contributed by atoms with Gasteiger partial charge in [-0.15, -0.1) is 0 Å². The Kier molecular flexibility index (Phi) is 7.67. The van der Waals surface area contributed by atoms with Crippen LogP contribution in [0.1, 0.15) is 56.7 Å². The van der Waals surface area contributed by atoms with Gasteiger partial charge in [0.05, 0.1) is 6.54 Å². The summed E-state index contributed by atoms with van der Waals surface area (Å²) in [5.74, 6) is 0.476. The van der Waals surface area contributed by atoms with Gasteiger partial charge in [-0.25, -0.2) is 0 Å². The zero-order valence-electron chi connectivity index (χ0n) is 19.3. The van der Waals surface area contributed by atoms with Crippen LogP contribution < -0.4 is 10.6 Å². The van der Waals surface area contributed by atoms with Crippen molar-refractivity contribution in [3.8, 4) is 0 Å². The van der Waals surface area contributed by atoms with E-state index in [1.807, 2.05) is 49.4 Å². The third-order valence-electron chi connectivity index (χ3n) is 5.73. The summed E-state index contributed by atoms with van der Waals surface area (Å²) < 4.78 is 0. The lowest BCUT2D eigenvalue weighted by Crippen LogP contribution is -2.44. The summed E-state index contributed by atoms with van der Waals surface area (Å²) in [4.78, 5) is 26.7. The number of rotatable bonds is 10. The van der Waals surface area contributed by atoms with Crippen molar-refractivity contribution in [3.05, 3.63) is 71.3 Å². The van der Waals surface area contributed by atoms with Crippen LogP contribution in [0, 0.1) is 11.3 Å². The molecule has 0 radical (unpaired) electrons. The molecule has 2 amide bonds. The fourth-order valence-electron chi connectivity index (χ4n) is 4.29. The molecule has 32 heavy (non-hydrogen) atoms. The summed E-state index contributed by atoms with van der Waals surface area (Å²) in [6.07, 6.45) is 2.88. The number of nitrogens with one attached hydrogen (secondary N) is 3. The molecule has 1 unspecified atom stereocenters. The first-order valence-electron chi connectivity index (χ1n) is 11.3. The highest BCUT2D eigenvalue weighted by Crippen LogP contribution is 2.26. The zero-order valence-corrected chi connectivity index (χ0v) is 19.3. The molecular formula is C26H34N4O2. The lowest BCUT2D eigenvalue weighted by molar-refractivity contribution is -0.131. The quantitative estimate of drug-likeness (QED) is 0.528. The number of nitrogens with zero attached hydrogens (tertiary/aromatic N) is 1. The number of amides is 2. The number of hydrogen-bond donors (Lipinski definition) is 3. The fourth-order valence-corrected chi connectivity index (χ4v) is 4.29. The van der Waals surface area contributed by atoms with E-state index in [-0.39, 0.29) is 17.8 Å². The van der Waals surface area contributed by atoms with E-state index < -0.39 is 5.54 Å². The summed E-state index contributed by atoms with van der Waals surface area (Å²) >= 11 is 0. The van der Waals surface area contributed by atoms with Crippen molar-refractivity contribution in [2.75, 3.05) is 0 Å². The van der Waals surface area contributed by atoms with Crippen molar-refractivity contribution in [1.82, 2.24) is 15.5 Å². The minimum absolute atomic E-state index is 0.0384. The van der Waals surface area contributed by atoms with Crippen molar-refractivity contribution in [2.24, 2.45) is 5.92 Å². The highest BCUT2D eigenvalue weighted by Gasteiger charge is 2.45. The van der Waals surface area contributed by atoms with E-state index in [9.17, 15) is 9.59 Å². The topological polar surface area (TPSA) is 85.3 Å². The number of carbonyl (C=O) groups excluding carboxylic acids is 2. The Morgan fingerprint density at radius 3 is 2.50 bits per heavy atom. The molecule has 1 fully saturated rings. The smallest absolute Gasteiger partial charge is 0.255 e. The first-order chi connectivity index (χ1) is 15.3. The van der Waals surface area contributed by atoms with Gasteiger partial charge in [0, 0.05) is 13.0 Å². The Labute approximate surface area is 190 Å². The minimum Gasteiger partial charge on any atom is -0.352 e. The average molecular weight is 435 g/mol. The summed E-state index contributed by atoms with van der Waals surface area (Å²) in [5, 5.41) is 14.3. The van der Waals surface area contributed by atoms with Crippen LogP contribution in [-0.2, 0) is 29.1 Å². The van der Waals surface area contributed by atoms with Crippen LogP contribution in [0.15, 0.2) is 54.6 Å². The van der Waals surface area contributed by atoms with Crippen LogP contribution >= 0.6 is 0 Å². The second kappa shape index (κ2) is 10.4. The summed E-state index contributed by atoms with van der Waals surface area (Å²) in [6, 6.07) is 18.0. The molecule has 1 saturated heterocycles. The molecule has 2 aromatic carbocycles. The van der Waals surface area contributed by atoms with E-state index in [0.29, 0.717) is 31.8 Å². The van der Waals surface area contributed by atoms with Crippen LogP contribution in [0.2, 0.25) is 0 Å². The molecule has 1 atom stereocenters. The van der Waals surface area contributed by atoms with Gasteiger partial charge in [-0.2, -0.15) is 0 Å². The van der Waals surface area contributed by atoms with Crippen LogP contribution in [0.25, 0.3) is 0 Å². The number of carbonyl (C=O) groups is 2. The SMILES string of the molecule is CC(C)CC1(C)NC(=N)N(Cc2cccc(CNC(=O)CCCc3ccccc3)c2)C1=O. The Bertz CT molecular complexity index is 957. The van der Waals surface area contributed by atoms with Crippen molar-refractivity contribution in [2.45, 2.75) is 65.1 Å². The highest BCUT2D eigenvalue weighted by molar-refractivity contribution is 6.07. The largest absolute Gasteiger partial charge is 0.352 e. The van der Waals surface area contributed by atoms with E-state index in [1.54, 1.807) is 0 Å². The van der Waals surface area contributed by atoms with Crippen molar-refractivity contribution < 1.29 is 9.59 Å². The summed E-state index contributed by atoms with van der Waals surface area (Å²) in [7, 11) is 0. The van der Waals surface area contributed by atoms with Crippen LogP contribution in [-0.4, -0.2) is 28.2 Å². The van der Waals surface area contributed by atoms with Gasteiger partial charge in [0.15, 0.2) is 5.96 Å². The van der Waals surface area contributed by atoms with Gasteiger partial charge in [-0.1, -0.05) is 68.4 Å². The first kappa shape index (κ1) is 23.5.